The third kappa shape index (κ3) is 3.23. The molecule has 1 heterocycles. The van der Waals surface area contributed by atoms with Crippen molar-refractivity contribution in [2.75, 3.05) is 13.1 Å². The highest BCUT2D eigenvalue weighted by molar-refractivity contribution is 5.85. The average Bonchev–Trinajstić information content (AvgIpc) is 2.76. The zero-order chi connectivity index (χ0) is 21.5. The first kappa shape index (κ1) is 22.0. The normalized spacial score (nSPS) is 40.8. The fourth-order valence-electron chi connectivity index (χ4n) is 9.84. The molecule has 2 aromatic rings. The molecule has 5 aliphatic carbocycles. The second kappa shape index (κ2) is 7.75. The minimum atomic E-state index is 0. The second-order valence-corrected chi connectivity index (χ2v) is 12.4. The minimum Gasteiger partial charge on any atom is -0.508 e. The van der Waals surface area contributed by atoms with Gasteiger partial charge in [-0.25, -0.2) is 0 Å². The summed E-state index contributed by atoms with van der Waals surface area (Å²) in [5, 5.41) is 10.4. The van der Waals surface area contributed by atoms with E-state index < -0.39 is 0 Å². The molecule has 1 N–H and O–H groups in total. The van der Waals surface area contributed by atoms with Crippen LogP contribution in [0.2, 0.25) is 0 Å². The molecule has 3 atom stereocenters. The van der Waals surface area contributed by atoms with Crippen LogP contribution in [0.5, 0.6) is 5.75 Å². The topological polar surface area (TPSA) is 23.5 Å². The maximum Gasteiger partial charge on any atom is 0.115 e. The van der Waals surface area contributed by atoms with Crippen LogP contribution in [-0.2, 0) is 11.8 Å². The highest BCUT2D eigenvalue weighted by atomic mass is 35.5. The number of phenols is 1. The van der Waals surface area contributed by atoms with Gasteiger partial charge in [0.25, 0.3) is 0 Å². The molecular formula is C30H38ClNO. The Morgan fingerprint density at radius 2 is 1.61 bits per heavy atom. The van der Waals surface area contributed by atoms with Crippen molar-refractivity contribution in [3.63, 3.8) is 0 Å². The molecule has 6 aliphatic rings. The SMILES string of the molecule is CC1C2Cc3ccc(O)cc3C1(c1ccccc1)CCN2CC12CC3CC(CC(C3)C1)C2.Cl. The van der Waals surface area contributed by atoms with Gasteiger partial charge in [-0.1, -0.05) is 43.3 Å². The molecule has 1 aliphatic heterocycles. The number of halogens is 1. The standard InChI is InChI=1S/C30H37NO.ClH/c1-20-28-14-24-7-8-26(32)15-27(24)30(20,25-5-3-2-4-6-25)9-10-31(28)19-29-16-21-11-22(17-29)13-23(12-21)18-29;/h2-8,15,20-23,28,32H,9-14,16-19H2,1H3;1H. The van der Waals surface area contributed by atoms with Gasteiger partial charge in [-0.05, 0) is 116 Å². The van der Waals surface area contributed by atoms with Crippen molar-refractivity contribution in [1.29, 1.82) is 0 Å². The molecule has 5 fully saturated rings. The van der Waals surface area contributed by atoms with E-state index in [1.165, 1.54) is 68.3 Å². The second-order valence-electron chi connectivity index (χ2n) is 12.4. The van der Waals surface area contributed by atoms with Gasteiger partial charge in [-0.2, -0.15) is 0 Å². The van der Waals surface area contributed by atoms with Crippen LogP contribution in [0.25, 0.3) is 0 Å². The first-order valence-electron chi connectivity index (χ1n) is 13.2. The first-order valence-corrected chi connectivity index (χ1v) is 13.2. The van der Waals surface area contributed by atoms with Gasteiger partial charge in [0, 0.05) is 18.0 Å². The van der Waals surface area contributed by atoms with Gasteiger partial charge in [0.2, 0.25) is 0 Å². The molecule has 33 heavy (non-hydrogen) atoms. The van der Waals surface area contributed by atoms with Crippen LogP contribution in [-0.4, -0.2) is 29.1 Å². The van der Waals surface area contributed by atoms with Crippen LogP contribution in [0.15, 0.2) is 48.5 Å². The molecule has 176 valence electrons. The van der Waals surface area contributed by atoms with Gasteiger partial charge < -0.3 is 5.11 Å². The Morgan fingerprint density at radius 3 is 2.27 bits per heavy atom. The molecule has 2 nitrogen and oxygen atoms in total. The molecular weight excluding hydrogens is 426 g/mol. The van der Waals surface area contributed by atoms with Crippen LogP contribution < -0.4 is 0 Å². The maximum atomic E-state index is 10.4. The van der Waals surface area contributed by atoms with Crippen molar-refractivity contribution in [2.45, 2.75) is 69.7 Å². The molecule has 3 unspecified atom stereocenters. The van der Waals surface area contributed by atoms with Crippen LogP contribution in [0.4, 0.5) is 0 Å². The summed E-state index contributed by atoms with van der Waals surface area (Å²) < 4.78 is 0. The Hall–Kier alpha value is -1.51. The van der Waals surface area contributed by atoms with E-state index >= 15 is 0 Å². The number of nitrogens with zero attached hydrogens (tertiary/aromatic N) is 1. The lowest BCUT2D eigenvalue weighted by Gasteiger charge is -2.61. The zero-order valence-electron chi connectivity index (χ0n) is 19.9. The third-order valence-corrected chi connectivity index (χ3v) is 10.6. The summed E-state index contributed by atoms with van der Waals surface area (Å²) in [5.74, 6) is 4.06. The minimum absolute atomic E-state index is 0. The molecule has 0 spiro atoms. The van der Waals surface area contributed by atoms with E-state index in [0.29, 0.717) is 23.1 Å². The summed E-state index contributed by atoms with van der Waals surface area (Å²) >= 11 is 0. The number of hydrogen-bond acceptors (Lipinski definition) is 2. The molecule has 6 bridgehead atoms. The Balaban J connectivity index is 0.00000206. The monoisotopic (exact) mass is 463 g/mol. The molecule has 4 saturated carbocycles. The van der Waals surface area contributed by atoms with Gasteiger partial charge in [-0.15, -0.1) is 12.4 Å². The number of hydrogen-bond donors (Lipinski definition) is 1. The number of aromatic hydroxyl groups is 1. The lowest BCUT2D eigenvalue weighted by Crippen LogP contribution is -2.62. The average molecular weight is 464 g/mol. The largest absolute Gasteiger partial charge is 0.508 e. The maximum absolute atomic E-state index is 10.4. The lowest BCUT2D eigenvalue weighted by atomic mass is 9.49. The Labute approximate surface area is 205 Å². The van der Waals surface area contributed by atoms with Crippen LogP contribution in [0, 0.1) is 29.1 Å². The van der Waals surface area contributed by atoms with E-state index in [2.05, 4.69) is 54.3 Å². The highest BCUT2D eigenvalue weighted by Crippen LogP contribution is 2.61. The molecule has 0 amide bonds. The summed E-state index contributed by atoms with van der Waals surface area (Å²) in [5.41, 5.74) is 4.93. The van der Waals surface area contributed by atoms with Gasteiger partial charge in [0.1, 0.15) is 5.75 Å². The quantitative estimate of drug-likeness (QED) is 0.555. The smallest absolute Gasteiger partial charge is 0.115 e. The van der Waals surface area contributed by atoms with Crippen LogP contribution >= 0.6 is 12.4 Å². The van der Waals surface area contributed by atoms with Gasteiger partial charge >= 0.3 is 0 Å². The fourth-order valence-corrected chi connectivity index (χ4v) is 9.84. The van der Waals surface area contributed by atoms with E-state index in [9.17, 15) is 5.11 Å². The highest BCUT2D eigenvalue weighted by Gasteiger charge is 2.56. The first-order chi connectivity index (χ1) is 15.5. The predicted octanol–water partition coefficient (Wildman–Crippen LogP) is 6.58. The van der Waals surface area contributed by atoms with Crippen molar-refractivity contribution in [3.8, 4) is 5.75 Å². The number of rotatable bonds is 3. The van der Waals surface area contributed by atoms with Crippen molar-refractivity contribution in [3.05, 3.63) is 65.2 Å². The Bertz CT molecular complexity index is 1000. The lowest BCUT2D eigenvalue weighted by molar-refractivity contribution is -0.0883. The molecule has 1 saturated heterocycles. The van der Waals surface area contributed by atoms with Gasteiger partial charge in [0.05, 0.1) is 0 Å². The van der Waals surface area contributed by atoms with E-state index in [0.717, 1.165) is 30.6 Å². The van der Waals surface area contributed by atoms with Gasteiger partial charge in [-0.3, -0.25) is 4.90 Å². The summed E-state index contributed by atoms with van der Waals surface area (Å²) in [6.45, 7) is 5.04. The summed E-state index contributed by atoms with van der Waals surface area (Å²) in [7, 11) is 0. The predicted molar refractivity (Wildman–Crippen MR) is 136 cm³/mol. The number of phenolic OH excluding ortho intramolecular Hbond substituents is 1. The van der Waals surface area contributed by atoms with E-state index in [1.54, 1.807) is 0 Å². The van der Waals surface area contributed by atoms with Crippen molar-refractivity contribution in [1.82, 2.24) is 4.90 Å². The Morgan fingerprint density at radius 1 is 0.939 bits per heavy atom. The Kier molecular flexibility index (Phi) is 5.16. The summed E-state index contributed by atoms with van der Waals surface area (Å²) in [6, 6.07) is 18.0. The van der Waals surface area contributed by atoms with E-state index in [4.69, 9.17) is 0 Å². The third-order valence-electron chi connectivity index (χ3n) is 10.6. The number of piperidine rings is 1. The van der Waals surface area contributed by atoms with E-state index in [-0.39, 0.29) is 17.8 Å². The van der Waals surface area contributed by atoms with Gasteiger partial charge in [0.15, 0.2) is 0 Å². The van der Waals surface area contributed by atoms with Crippen molar-refractivity contribution >= 4 is 12.4 Å². The van der Waals surface area contributed by atoms with Crippen molar-refractivity contribution < 1.29 is 5.11 Å². The van der Waals surface area contributed by atoms with Crippen molar-refractivity contribution in [2.24, 2.45) is 29.1 Å². The zero-order valence-corrected chi connectivity index (χ0v) is 20.7. The molecule has 0 aromatic heterocycles. The number of fused-ring (bicyclic) bond motifs is 4. The molecule has 3 heteroatoms. The number of likely N-dealkylation sites (tertiary alicyclic amines) is 1. The molecule has 2 aromatic carbocycles. The van der Waals surface area contributed by atoms with Crippen LogP contribution in [0.1, 0.15) is 68.6 Å². The number of benzene rings is 2. The summed E-state index contributed by atoms with van der Waals surface area (Å²) in [6.07, 6.45) is 11.4. The van der Waals surface area contributed by atoms with E-state index in [1.807, 2.05) is 6.07 Å². The fraction of sp³-hybridized carbons (Fsp3) is 0.600. The summed E-state index contributed by atoms with van der Waals surface area (Å²) in [4.78, 5) is 2.94. The molecule has 8 rings (SSSR count). The molecule has 0 radical (unpaired) electrons. The van der Waals surface area contributed by atoms with Crippen LogP contribution in [0.3, 0.4) is 0 Å².